The Hall–Kier alpha value is -2.80. The SMILES string of the molecule is CC(C)OC(Cc1cn(Cc2cccc(C(F)(F)F)c2)c2ccccc12)C(=O)O. The number of fused-ring (bicyclic) bond motifs is 1. The molecule has 0 bridgehead atoms. The maximum atomic E-state index is 13.0. The van der Waals surface area contributed by atoms with Crippen molar-refractivity contribution in [3.63, 3.8) is 0 Å². The van der Waals surface area contributed by atoms with Crippen LogP contribution >= 0.6 is 0 Å². The molecule has 1 unspecified atom stereocenters. The molecule has 0 saturated carbocycles. The highest BCUT2D eigenvalue weighted by Gasteiger charge is 2.30. The van der Waals surface area contributed by atoms with Gasteiger partial charge in [0.05, 0.1) is 11.7 Å². The number of para-hydroxylation sites is 1. The third-order valence-corrected chi connectivity index (χ3v) is 4.60. The van der Waals surface area contributed by atoms with Crippen molar-refractivity contribution in [1.82, 2.24) is 4.57 Å². The second kappa shape index (κ2) is 8.29. The third kappa shape index (κ3) is 4.98. The van der Waals surface area contributed by atoms with Gasteiger partial charge < -0.3 is 14.4 Å². The molecule has 0 radical (unpaired) electrons. The van der Waals surface area contributed by atoms with E-state index < -0.39 is 23.8 Å². The summed E-state index contributed by atoms with van der Waals surface area (Å²) in [6.45, 7) is 3.78. The Bertz CT molecular complexity index is 1010. The van der Waals surface area contributed by atoms with Crippen molar-refractivity contribution >= 4 is 16.9 Å². The van der Waals surface area contributed by atoms with Gasteiger partial charge in [-0.1, -0.05) is 30.3 Å². The number of benzene rings is 2. The van der Waals surface area contributed by atoms with E-state index in [-0.39, 0.29) is 19.1 Å². The highest BCUT2D eigenvalue weighted by atomic mass is 19.4. The van der Waals surface area contributed by atoms with Crippen molar-refractivity contribution < 1.29 is 27.8 Å². The van der Waals surface area contributed by atoms with Crippen LogP contribution in [0.5, 0.6) is 0 Å². The van der Waals surface area contributed by atoms with Crippen LogP contribution in [-0.4, -0.2) is 27.9 Å². The number of hydrogen-bond donors (Lipinski definition) is 1. The number of hydrogen-bond acceptors (Lipinski definition) is 2. The van der Waals surface area contributed by atoms with Gasteiger partial charge in [0.25, 0.3) is 0 Å². The van der Waals surface area contributed by atoms with E-state index in [2.05, 4.69) is 0 Å². The lowest BCUT2D eigenvalue weighted by Crippen LogP contribution is -2.29. The standard InChI is InChI=1S/C22H22F3NO3/c1-14(2)29-20(21(27)28)11-16-13-26(19-9-4-3-8-18(16)19)12-15-6-5-7-17(10-15)22(23,24)25/h3-10,13-14,20H,11-12H2,1-2H3,(H,27,28). The van der Waals surface area contributed by atoms with Crippen molar-refractivity contribution in [2.24, 2.45) is 0 Å². The number of halogens is 3. The normalized spacial score (nSPS) is 13.2. The molecule has 29 heavy (non-hydrogen) atoms. The van der Waals surface area contributed by atoms with Crippen LogP contribution in [0.1, 0.15) is 30.5 Å². The van der Waals surface area contributed by atoms with Gasteiger partial charge in [-0.2, -0.15) is 13.2 Å². The van der Waals surface area contributed by atoms with E-state index in [9.17, 15) is 23.1 Å². The summed E-state index contributed by atoms with van der Waals surface area (Å²) in [5.41, 5.74) is 1.43. The van der Waals surface area contributed by atoms with Gasteiger partial charge in [-0.15, -0.1) is 0 Å². The van der Waals surface area contributed by atoms with E-state index in [1.54, 1.807) is 26.1 Å². The summed E-state index contributed by atoms with van der Waals surface area (Å²) in [6, 6.07) is 12.6. The first-order valence-electron chi connectivity index (χ1n) is 9.26. The monoisotopic (exact) mass is 405 g/mol. The Morgan fingerprint density at radius 1 is 1.14 bits per heavy atom. The fourth-order valence-electron chi connectivity index (χ4n) is 3.38. The molecule has 1 aromatic heterocycles. The predicted octanol–water partition coefficient (Wildman–Crippen LogP) is 5.13. The third-order valence-electron chi connectivity index (χ3n) is 4.60. The largest absolute Gasteiger partial charge is 0.479 e. The van der Waals surface area contributed by atoms with Crippen LogP contribution in [0.15, 0.2) is 54.7 Å². The molecule has 2 aromatic carbocycles. The summed E-state index contributed by atoms with van der Waals surface area (Å²) < 4.78 is 46.4. The van der Waals surface area contributed by atoms with E-state index in [1.807, 2.05) is 28.8 Å². The number of nitrogens with zero attached hydrogens (tertiary/aromatic N) is 1. The average molecular weight is 405 g/mol. The Labute approximate surface area is 166 Å². The van der Waals surface area contributed by atoms with Crippen molar-refractivity contribution in [2.45, 2.75) is 45.2 Å². The Morgan fingerprint density at radius 3 is 2.52 bits per heavy atom. The molecule has 3 aromatic rings. The summed E-state index contributed by atoms with van der Waals surface area (Å²) in [6.07, 6.45) is -3.67. The van der Waals surface area contributed by atoms with Gasteiger partial charge in [-0.3, -0.25) is 0 Å². The Kier molecular flexibility index (Phi) is 5.98. The first-order valence-corrected chi connectivity index (χ1v) is 9.26. The van der Waals surface area contributed by atoms with E-state index in [1.165, 1.54) is 6.07 Å². The van der Waals surface area contributed by atoms with Crippen LogP contribution in [0.25, 0.3) is 10.9 Å². The molecule has 0 aliphatic rings. The molecular formula is C22H22F3NO3. The van der Waals surface area contributed by atoms with Crippen molar-refractivity contribution in [3.05, 3.63) is 71.4 Å². The van der Waals surface area contributed by atoms with Crippen molar-refractivity contribution in [3.8, 4) is 0 Å². The van der Waals surface area contributed by atoms with Crippen molar-refractivity contribution in [1.29, 1.82) is 0 Å². The summed E-state index contributed by atoms with van der Waals surface area (Å²) >= 11 is 0. The fraction of sp³-hybridized carbons (Fsp3) is 0.318. The summed E-state index contributed by atoms with van der Waals surface area (Å²) in [5, 5.41) is 10.3. The number of rotatable bonds is 7. The summed E-state index contributed by atoms with van der Waals surface area (Å²) in [5.74, 6) is -1.05. The number of carboxylic acids is 1. The highest BCUT2D eigenvalue weighted by molar-refractivity contribution is 5.85. The minimum Gasteiger partial charge on any atom is -0.479 e. The van der Waals surface area contributed by atoms with Crippen molar-refractivity contribution in [2.75, 3.05) is 0 Å². The molecule has 0 saturated heterocycles. The minimum atomic E-state index is -4.40. The van der Waals surface area contributed by atoms with Gasteiger partial charge in [-0.25, -0.2) is 4.79 Å². The van der Waals surface area contributed by atoms with Gasteiger partial charge in [0.1, 0.15) is 0 Å². The molecule has 1 atom stereocenters. The molecule has 0 aliphatic carbocycles. The predicted molar refractivity (Wildman–Crippen MR) is 104 cm³/mol. The number of aliphatic carboxylic acids is 1. The van der Waals surface area contributed by atoms with Crippen LogP contribution in [0.4, 0.5) is 13.2 Å². The van der Waals surface area contributed by atoms with Crippen LogP contribution < -0.4 is 0 Å². The quantitative estimate of drug-likeness (QED) is 0.593. The van der Waals surface area contributed by atoms with Crippen LogP contribution in [0, 0.1) is 0 Å². The Balaban J connectivity index is 1.95. The number of carbonyl (C=O) groups is 1. The maximum Gasteiger partial charge on any atom is 0.416 e. The zero-order chi connectivity index (χ0) is 21.2. The minimum absolute atomic E-state index is 0.170. The lowest BCUT2D eigenvalue weighted by atomic mass is 10.1. The lowest BCUT2D eigenvalue weighted by molar-refractivity contribution is -0.153. The van der Waals surface area contributed by atoms with E-state index in [0.717, 1.165) is 28.6 Å². The first kappa shape index (κ1) is 20.9. The van der Waals surface area contributed by atoms with Gasteiger partial charge in [-0.05, 0) is 43.2 Å². The topological polar surface area (TPSA) is 51.5 Å². The molecule has 0 spiro atoms. The summed E-state index contributed by atoms with van der Waals surface area (Å²) in [4.78, 5) is 11.6. The van der Waals surface area contributed by atoms with Crippen LogP contribution in [-0.2, 0) is 28.7 Å². The van der Waals surface area contributed by atoms with Gasteiger partial charge in [0.15, 0.2) is 6.10 Å². The van der Waals surface area contributed by atoms with Gasteiger partial charge >= 0.3 is 12.1 Å². The molecular weight excluding hydrogens is 383 g/mol. The molecule has 3 rings (SSSR count). The van der Waals surface area contributed by atoms with Crippen LogP contribution in [0.3, 0.4) is 0 Å². The smallest absolute Gasteiger partial charge is 0.416 e. The average Bonchev–Trinajstić information content (AvgIpc) is 2.98. The van der Waals surface area contributed by atoms with E-state index in [0.29, 0.717) is 5.56 Å². The second-order valence-corrected chi connectivity index (χ2v) is 7.21. The maximum absolute atomic E-state index is 13.0. The molecule has 0 amide bonds. The molecule has 0 aliphatic heterocycles. The molecule has 154 valence electrons. The second-order valence-electron chi connectivity index (χ2n) is 7.21. The molecule has 4 nitrogen and oxygen atoms in total. The number of carboxylic acid groups (broad SMARTS) is 1. The van der Waals surface area contributed by atoms with Crippen LogP contribution in [0.2, 0.25) is 0 Å². The zero-order valence-electron chi connectivity index (χ0n) is 16.1. The molecule has 1 heterocycles. The van der Waals surface area contributed by atoms with Gasteiger partial charge in [0.2, 0.25) is 0 Å². The summed E-state index contributed by atoms with van der Waals surface area (Å²) in [7, 11) is 0. The number of aromatic nitrogens is 1. The molecule has 1 N–H and O–H groups in total. The number of ether oxygens (including phenoxy) is 1. The fourth-order valence-corrected chi connectivity index (χ4v) is 3.38. The molecule has 0 fully saturated rings. The highest BCUT2D eigenvalue weighted by Crippen LogP contribution is 2.30. The zero-order valence-corrected chi connectivity index (χ0v) is 16.1. The van der Waals surface area contributed by atoms with E-state index in [4.69, 9.17) is 4.74 Å². The number of alkyl halides is 3. The first-order chi connectivity index (χ1) is 13.6. The van der Waals surface area contributed by atoms with E-state index >= 15 is 0 Å². The molecule has 7 heteroatoms. The van der Waals surface area contributed by atoms with Gasteiger partial charge in [0, 0.05) is 30.1 Å². The Morgan fingerprint density at radius 2 is 1.86 bits per heavy atom. The lowest BCUT2D eigenvalue weighted by Gasteiger charge is -2.16.